The zero-order valence-electron chi connectivity index (χ0n) is 19.1. The van der Waals surface area contributed by atoms with Crippen LogP contribution in [0.5, 0.6) is 11.5 Å². The highest BCUT2D eigenvalue weighted by Crippen LogP contribution is 2.43. The fourth-order valence-electron chi connectivity index (χ4n) is 4.24. The molecule has 1 amide bonds. The minimum absolute atomic E-state index is 0.00359. The second-order valence-electron chi connectivity index (χ2n) is 8.08. The normalized spacial score (nSPS) is 15.0. The lowest BCUT2D eigenvalue weighted by Gasteiger charge is -2.23. The molecule has 2 aromatic carbocycles. The number of hydrogen-bond donors (Lipinski definition) is 0. The van der Waals surface area contributed by atoms with E-state index in [4.69, 9.17) is 13.9 Å². The summed E-state index contributed by atoms with van der Waals surface area (Å²) in [5.41, 5.74) is 2.55. The van der Waals surface area contributed by atoms with Crippen molar-refractivity contribution in [1.82, 2.24) is 10.2 Å². The van der Waals surface area contributed by atoms with Gasteiger partial charge in [-0.1, -0.05) is 53.1 Å². The third kappa shape index (κ3) is 4.21. The molecule has 0 bridgehead atoms. The molecule has 1 unspecified atom stereocenters. The summed E-state index contributed by atoms with van der Waals surface area (Å²) in [4.78, 5) is 28.7. The van der Waals surface area contributed by atoms with Crippen LogP contribution in [0.2, 0.25) is 0 Å². The summed E-state index contributed by atoms with van der Waals surface area (Å²) in [6, 6.07) is 9.81. The number of fused-ring (bicyclic) bond motifs is 2. The molecule has 1 aliphatic rings. The number of halogens is 1. The van der Waals surface area contributed by atoms with E-state index in [0.29, 0.717) is 39.8 Å². The Bertz CT molecular complexity index is 1450. The van der Waals surface area contributed by atoms with Gasteiger partial charge in [0.2, 0.25) is 10.9 Å². The summed E-state index contributed by atoms with van der Waals surface area (Å²) in [6.45, 7) is 2.72. The van der Waals surface area contributed by atoms with Crippen molar-refractivity contribution in [1.29, 1.82) is 0 Å². The number of carbonyl (C=O) groups is 1. The molecule has 3 heterocycles. The lowest BCUT2D eigenvalue weighted by Crippen LogP contribution is -2.29. The fourth-order valence-corrected chi connectivity index (χ4v) is 5.18. The lowest BCUT2D eigenvalue weighted by atomic mass is 9.98. The topological polar surface area (TPSA) is 94.8 Å². The van der Waals surface area contributed by atoms with Gasteiger partial charge in [-0.3, -0.25) is 14.5 Å². The number of methoxy groups -OCH3 is 1. The zero-order chi connectivity index (χ0) is 24.5. The van der Waals surface area contributed by atoms with Gasteiger partial charge in [-0.25, -0.2) is 0 Å². The number of ether oxygens (including phenoxy) is 2. The van der Waals surface area contributed by atoms with Gasteiger partial charge in [0, 0.05) is 4.47 Å². The Labute approximate surface area is 213 Å². The summed E-state index contributed by atoms with van der Waals surface area (Å²) in [7, 11) is 1.56. The number of hydrogen-bond acceptors (Lipinski definition) is 8. The van der Waals surface area contributed by atoms with Crippen LogP contribution >= 0.6 is 27.3 Å². The first-order chi connectivity index (χ1) is 17.0. The minimum atomic E-state index is -0.756. The van der Waals surface area contributed by atoms with Crippen molar-refractivity contribution in [2.75, 3.05) is 18.6 Å². The second kappa shape index (κ2) is 9.79. The maximum atomic E-state index is 13.7. The Hall–Kier alpha value is -3.24. The van der Waals surface area contributed by atoms with Crippen LogP contribution in [0, 0.1) is 0 Å². The van der Waals surface area contributed by atoms with Crippen LogP contribution in [0.3, 0.4) is 0 Å². The molecule has 0 aliphatic carbocycles. The van der Waals surface area contributed by atoms with Gasteiger partial charge in [0.15, 0.2) is 16.9 Å². The van der Waals surface area contributed by atoms with E-state index in [0.717, 1.165) is 23.7 Å². The standard InChI is InChI=1S/C25H22BrN3O5S/c1-3-4-5-10-33-18-8-6-14(11-19(18)32-2)21-20-22(30)16-12-15(26)7-9-17(16)34-23(20)24(31)29(21)25-28-27-13-35-25/h6-9,11-13,21H,3-5,10H2,1-2H3. The average molecular weight is 556 g/mol. The Morgan fingerprint density at radius 3 is 2.74 bits per heavy atom. The third-order valence-electron chi connectivity index (χ3n) is 5.90. The number of unbranched alkanes of at least 4 members (excludes halogenated alkanes) is 2. The molecule has 10 heteroatoms. The Morgan fingerprint density at radius 1 is 1.14 bits per heavy atom. The highest BCUT2D eigenvalue weighted by molar-refractivity contribution is 9.10. The molecule has 5 rings (SSSR count). The van der Waals surface area contributed by atoms with Crippen LogP contribution in [0.15, 0.2) is 55.6 Å². The lowest BCUT2D eigenvalue weighted by molar-refractivity contribution is 0.0970. The SMILES string of the molecule is CCCCCOc1ccc(C2c3c(oc4ccc(Br)cc4c3=O)C(=O)N2c2nncs2)cc1OC. The number of aromatic nitrogens is 2. The smallest absolute Gasteiger partial charge is 0.297 e. The molecular formula is C25H22BrN3O5S. The predicted molar refractivity (Wildman–Crippen MR) is 137 cm³/mol. The number of carbonyl (C=O) groups excluding carboxylic acids is 1. The maximum absolute atomic E-state index is 13.7. The van der Waals surface area contributed by atoms with Crippen LogP contribution in [0.25, 0.3) is 11.0 Å². The van der Waals surface area contributed by atoms with Gasteiger partial charge in [0.05, 0.1) is 30.7 Å². The first-order valence-electron chi connectivity index (χ1n) is 11.2. The monoisotopic (exact) mass is 555 g/mol. The molecule has 4 aromatic rings. The maximum Gasteiger partial charge on any atom is 0.297 e. The fraction of sp³-hybridized carbons (Fsp3) is 0.280. The molecule has 2 aromatic heterocycles. The summed E-state index contributed by atoms with van der Waals surface area (Å²) < 4.78 is 18.2. The summed E-state index contributed by atoms with van der Waals surface area (Å²) >= 11 is 4.62. The van der Waals surface area contributed by atoms with Gasteiger partial charge in [-0.05, 0) is 42.3 Å². The first-order valence-corrected chi connectivity index (χ1v) is 12.9. The molecule has 1 aliphatic heterocycles. The van der Waals surface area contributed by atoms with Crippen LogP contribution in [0.4, 0.5) is 5.13 Å². The van der Waals surface area contributed by atoms with Crippen molar-refractivity contribution in [3.63, 3.8) is 0 Å². The van der Waals surface area contributed by atoms with Crippen molar-refractivity contribution in [3.05, 3.63) is 73.5 Å². The predicted octanol–water partition coefficient (Wildman–Crippen LogP) is 5.73. The zero-order valence-corrected chi connectivity index (χ0v) is 21.5. The van der Waals surface area contributed by atoms with Gasteiger partial charge in [-0.2, -0.15) is 0 Å². The highest BCUT2D eigenvalue weighted by atomic mass is 79.9. The first kappa shape index (κ1) is 23.5. The van der Waals surface area contributed by atoms with Crippen LogP contribution < -0.4 is 19.8 Å². The van der Waals surface area contributed by atoms with E-state index in [1.807, 2.05) is 6.07 Å². The molecule has 35 heavy (non-hydrogen) atoms. The van der Waals surface area contributed by atoms with Gasteiger partial charge in [0.25, 0.3) is 5.91 Å². The summed E-state index contributed by atoms with van der Waals surface area (Å²) in [5, 5.41) is 8.76. The molecule has 0 saturated carbocycles. The molecular weight excluding hydrogens is 534 g/mol. The molecule has 0 saturated heterocycles. The Balaban J connectivity index is 1.65. The third-order valence-corrected chi connectivity index (χ3v) is 7.08. The number of benzene rings is 2. The van der Waals surface area contributed by atoms with Gasteiger partial charge >= 0.3 is 0 Å². The number of anilines is 1. The van der Waals surface area contributed by atoms with E-state index >= 15 is 0 Å². The quantitative estimate of drug-likeness (QED) is 0.256. The van der Waals surface area contributed by atoms with Crippen LogP contribution in [-0.4, -0.2) is 29.8 Å². The molecule has 1 atom stereocenters. The molecule has 8 nitrogen and oxygen atoms in total. The molecule has 0 fully saturated rings. The van der Waals surface area contributed by atoms with Gasteiger partial charge < -0.3 is 13.9 Å². The van der Waals surface area contributed by atoms with Gasteiger partial charge in [-0.15, -0.1) is 10.2 Å². The number of nitrogens with zero attached hydrogens (tertiary/aromatic N) is 3. The number of amides is 1. The van der Waals surface area contributed by atoms with E-state index in [9.17, 15) is 9.59 Å². The van der Waals surface area contributed by atoms with Crippen LogP contribution in [0.1, 0.15) is 53.9 Å². The molecule has 0 spiro atoms. The number of rotatable bonds is 8. The van der Waals surface area contributed by atoms with Crippen molar-refractivity contribution in [2.45, 2.75) is 32.2 Å². The van der Waals surface area contributed by atoms with Crippen molar-refractivity contribution >= 4 is 49.3 Å². The highest BCUT2D eigenvalue weighted by Gasteiger charge is 2.45. The Kier molecular flexibility index (Phi) is 6.57. The largest absolute Gasteiger partial charge is 0.493 e. The second-order valence-corrected chi connectivity index (χ2v) is 9.81. The minimum Gasteiger partial charge on any atom is -0.493 e. The summed E-state index contributed by atoms with van der Waals surface area (Å²) in [6.07, 6.45) is 3.13. The molecule has 0 radical (unpaired) electrons. The average Bonchev–Trinajstić information content (AvgIpc) is 3.49. The van der Waals surface area contributed by atoms with E-state index in [1.165, 1.54) is 16.2 Å². The van der Waals surface area contributed by atoms with Crippen molar-refractivity contribution in [3.8, 4) is 11.5 Å². The van der Waals surface area contributed by atoms with E-state index in [-0.39, 0.29) is 16.8 Å². The summed E-state index contributed by atoms with van der Waals surface area (Å²) in [5.74, 6) is 0.685. The van der Waals surface area contributed by atoms with E-state index < -0.39 is 11.9 Å². The molecule has 0 N–H and O–H groups in total. The van der Waals surface area contributed by atoms with Gasteiger partial charge in [0.1, 0.15) is 11.1 Å². The van der Waals surface area contributed by atoms with Crippen molar-refractivity contribution < 1.29 is 18.7 Å². The van der Waals surface area contributed by atoms with E-state index in [1.54, 1.807) is 43.0 Å². The Morgan fingerprint density at radius 2 is 2.00 bits per heavy atom. The molecule has 180 valence electrons. The van der Waals surface area contributed by atoms with E-state index in [2.05, 4.69) is 33.1 Å². The van der Waals surface area contributed by atoms with Crippen LogP contribution in [-0.2, 0) is 0 Å². The van der Waals surface area contributed by atoms with Crippen molar-refractivity contribution in [2.24, 2.45) is 0 Å².